The van der Waals surface area contributed by atoms with Crippen molar-refractivity contribution in [2.75, 3.05) is 24.0 Å². The zero-order chi connectivity index (χ0) is 18.2. The number of rotatable bonds is 4. The fourth-order valence-electron chi connectivity index (χ4n) is 1.96. The Morgan fingerprint density at radius 2 is 1.88 bits per heavy atom. The number of ether oxygens (including phenoxy) is 2. The van der Waals surface area contributed by atoms with Crippen LogP contribution in [0.25, 0.3) is 0 Å². The summed E-state index contributed by atoms with van der Waals surface area (Å²) in [7, 11) is 1.54. The van der Waals surface area contributed by atoms with E-state index in [0.717, 1.165) is 5.01 Å². The maximum Gasteiger partial charge on any atom is 0.426 e. The third-order valence-electron chi connectivity index (χ3n) is 3.09. The van der Waals surface area contributed by atoms with Gasteiger partial charge in [-0.3, -0.25) is 0 Å². The summed E-state index contributed by atoms with van der Waals surface area (Å²) in [6, 6.07) is 12.7. The van der Waals surface area contributed by atoms with E-state index in [1.54, 1.807) is 55.5 Å². The maximum absolute atomic E-state index is 12.6. The number of benzene rings is 2. The number of hydrogen-bond donors (Lipinski definition) is 2. The third kappa shape index (κ3) is 5.29. The lowest BCUT2D eigenvalue weighted by Crippen LogP contribution is -2.48. The van der Waals surface area contributed by atoms with E-state index in [1.807, 2.05) is 0 Å². The number of methoxy groups -OCH3 is 1. The first-order chi connectivity index (χ1) is 12.0. The number of hydrazine groups is 1. The number of carbonyl (C=O) groups excluding carboxylic acids is 2. The van der Waals surface area contributed by atoms with Crippen LogP contribution in [0.4, 0.5) is 21.0 Å². The highest BCUT2D eigenvalue weighted by Crippen LogP contribution is 2.20. The molecule has 0 atom stereocenters. The largest absolute Gasteiger partial charge is 0.497 e. The second kappa shape index (κ2) is 8.79. The van der Waals surface area contributed by atoms with E-state index in [9.17, 15) is 9.59 Å². The van der Waals surface area contributed by atoms with E-state index in [2.05, 4.69) is 10.7 Å². The Morgan fingerprint density at radius 1 is 1.16 bits per heavy atom. The Balaban J connectivity index is 2.22. The van der Waals surface area contributed by atoms with E-state index in [4.69, 9.17) is 21.1 Å². The summed E-state index contributed by atoms with van der Waals surface area (Å²) in [6.45, 7) is 1.85. The minimum Gasteiger partial charge on any atom is -0.497 e. The summed E-state index contributed by atoms with van der Waals surface area (Å²) in [5.74, 6) is 0.620. The molecule has 0 aliphatic carbocycles. The van der Waals surface area contributed by atoms with E-state index < -0.39 is 12.1 Å². The first-order valence-electron chi connectivity index (χ1n) is 7.47. The molecular formula is C17H18ClN3O4. The van der Waals surface area contributed by atoms with Gasteiger partial charge in [0.05, 0.1) is 19.4 Å². The molecule has 0 saturated carbocycles. The number of nitrogens with zero attached hydrogens (tertiary/aromatic N) is 1. The number of amides is 3. The molecule has 0 saturated heterocycles. The molecule has 0 aromatic heterocycles. The van der Waals surface area contributed by atoms with E-state index in [0.29, 0.717) is 22.1 Å². The molecule has 0 radical (unpaired) electrons. The van der Waals surface area contributed by atoms with Crippen molar-refractivity contribution >= 4 is 35.1 Å². The average molecular weight is 364 g/mol. The van der Waals surface area contributed by atoms with Crippen LogP contribution in [0.15, 0.2) is 48.5 Å². The van der Waals surface area contributed by atoms with E-state index in [1.165, 1.54) is 7.11 Å². The molecule has 0 fully saturated rings. The second-order valence-electron chi connectivity index (χ2n) is 4.81. The summed E-state index contributed by atoms with van der Waals surface area (Å²) in [5, 5.41) is 4.18. The van der Waals surface area contributed by atoms with Crippen LogP contribution in [0, 0.1) is 0 Å². The Labute approximate surface area is 150 Å². The molecule has 0 aliphatic rings. The topological polar surface area (TPSA) is 79.9 Å². The van der Waals surface area contributed by atoms with Gasteiger partial charge >= 0.3 is 12.1 Å². The van der Waals surface area contributed by atoms with Crippen LogP contribution in [0.5, 0.6) is 5.75 Å². The molecule has 0 heterocycles. The fourth-order valence-corrected chi connectivity index (χ4v) is 2.15. The zero-order valence-corrected chi connectivity index (χ0v) is 14.5. The summed E-state index contributed by atoms with van der Waals surface area (Å²) in [4.78, 5) is 24.3. The Hall–Kier alpha value is -2.93. The number of hydrogen-bond acceptors (Lipinski definition) is 4. The van der Waals surface area contributed by atoms with Crippen molar-refractivity contribution in [3.05, 3.63) is 53.6 Å². The molecule has 0 unspecified atom stereocenters. The monoisotopic (exact) mass is 363 g/mol. The van der Waals surface area contributed by atoms with Gasteiger partial charge in [0, 0.05) is 10.7 Å². The summed E-state index contributed by atoms with van der Waals surface area (Å²) >= 11 is 5.92. The molecule has 25 heavy (non-hydrogen) atoms. The normalized spacial score (nSPS) is 9.88. The lowest BCUT2D eigenvalue weighted by Gasteiger charge is -2.23. The smallest absolute Gasteiger partial charge is 0.426 e. The molecule has 0 spiro atoms. The first-order valence-corrected chi connectivity index (χ1v) is 7.85. The van der Waals surface area contributed by atoms with Crippen molar-refractivity contribution in [2.24, 2.45) is 0 Å². The predicted octanol–water partition coefficient (Wildman–Crippen LogP) is 4.05. The van der Waals surface area contributed by atoms with Crippen molar-refractivity contribution < 1.29 is 19.1 Å². The summed E-state index contributed by atoms with van der Waals surface area (Å²) < 4.78 is 9.93. The third-order valence-corrected chi connectivity index (χ3v) is 3.32. The van der Waals surface area contributed by atoms with Gasteiger partial charge in [-0.1, -0.05) is 17.7 Å². The SMILES string of the molecule is CCOC(=O)NN(C(=O)Nc1cccc(Cl)c1)c1ccc(OC)cc1. The molecule has 2 aromatic rings. The molecule has 2 aromatic carbocycles. The molecule has 3 amide bonds. The van der Waals surface area contributed by atoms with Crippen LogP contribution < -0.4 is 20.5 Å². The van der Waals surface area contributed by atoms with Crippen LogP contribution in [0.2, 0.25) is 5.02 Å². The Morgan fingerprint density at radius 3 is 2.48 bits per heavy atom. The molecule has 8 heteroatoms. The summed E-state index contributed by atoms with van der Waals surface area (Å²) in [5.41, 5.74) is 3.30. The van der Waals surface area contributed by atoms with Gasteiger partial charge in [-0.15, -0.1) is 0 Å². The number of nitrogens with one attached hydrogen (secondary N) is 2. The highest BCUT2D eigenvalue weighted by atomic mass is 35.5. The van der Waals surface area contributed by atoms with Crippen molar-refractivity contribution in [3.8, 4) is 5.75 Å². The van der Waals surface area contributed by atoms with Gasteiger partial charge in [0.2, 0.25) is 0 Å². The lowest BCUT2D eigenvalue weighted by atomic mass is 10.3. The minimum absolute atomic E-state index is 0.179. The summed E-state index contributed by atoms with van der Waals surface area (Å²) in [6.07, 6.45) is -0.750. The molecule has 2 rings (SSSR count). The molecular weight excluding hydrogens is 346 g/mol. The van der Waals surface area contributed by atoms with Crippen LogP contribution in [-0.4, -0.2) is 25.8 Å². The van der Waals surface area contributed by atoms with Crippen LogP contribution in [-0.2, 0) is 4.74 Å². The van der Waals surface area contributed by atoms with Gasteiger partial charge < -0.3 is 14.8 Å². The molecule has 132 valence electrons. The van der Waals surface area contributed by atoms with Crippen molar-refractivity contribution in [1.82, 2.24) is 5.43 Å². The van der Waals surface area contributed by atoms with Crippen molar-refractivity contribution in [1.29, 1.82) is 0 Å². The van der Waals surface area contributed by atoms with Crippen LogP contribution in [0.3, 0.4) is 0 Å². The highest BCUT2D eigenvalue weighted by molar-refractivity contribution is 6.30. The molecule has 7 nitrogen and oxygen atoms in total. The van der Waals surface area contributed by atoms with Gasteiger partial charge in [-0.25, -0.2) is 15.0 Å². The number of urea groups is 1. The number of carbonyl (C=O) groups is 2. The van der Waals surface area contributed by atoms with Crippen molar-refractivity contribution in [3.63, 3.8) is 0 Å². The van der Waals surface area contributed by atoms with Gasteiger partial charge in [-0.05, 0) is 49.4 Å². The zero-order valence-electron chi connectivity index (χ0n) is 13.8. The van der Waals surface area contributed by atoms with E-state index in [-0.39, 0.29) is 6.61 Å². The van der Waals surface area contributed by atoms with Gasteiger partial charge in [-0.2, -0.15) is 5.01 Å². The standard InChI is InChI=1S/C17H18ClN3O4/c1-3-25-17(23)20-21(14-7-9-15(24-2)10-8-14)16(22)19-13-6-4-5-12(18)11-13/h4-11H,3H2,1-2H3,(H,19,22)(H,20,23). The van der Waals surface area contributed by atoms with Crippen molar-refractivity contribution in [2.45, 2.75) is 6.92 Å². The number of anilines is 2. The Kier molecular flexibility index (Phi) is 6.47. The van der Waals surface area contributed by atoms with E-state index >= 15 is 0 Å². The maximum atomic E-state index is 12.6. The Bertz CT molecular complexity index is 737. The highest BCUT2D eigenvalue weighted by Gasteiger charge is 2.19. The van der Waals surface area contributed by atoms with Crippen LogP contribution >= 0.6 is 11.6 Å². The predicted molar refractivity (Wildman–Crippen MR) is 96.1 cm³/mol. The lowest BCUT2D eigenvalue weighted by molar-refractivity contribution is 0.151. The van der Waals surface area contributed by atoms with Gasteiger partial charge in [0.25, 0.3) is 0 Å². The van der Waals surface area contributed by atoms with Gasteiger partial charge in [0.1, 0.15) is 5.75 Å². The minimum atomic E-state index is -0.750. The molecule has 0 bridgehead atoms. The second-order valence-corrected chi connectivity index (χ2v) is 5.24. The van der Waals surface area contributed by atoms with Crippen LogP contribution in [0.1, 0.15) is 6.92 Å². The molecule has 2 N–H and O–H groups in total. The first kappa shape index (κ1) is 18.4. The number of halogens is 1. The fraction of sp³-hybridized carbons (Fsp3) is 0.176. The average Bonchev–Trinajstić information content (AvgIpc) is 2.60. The molecule has 0 aliphatic heterocycles. The quantitative estimate of drug-likeness (QED) is 0.803. The van der Waals surface area contributed by atoms with Gasteiger partial charge in [0.15, 0.2) is 0 Å².